The summed E-state index contributed by atoms with van der Waals surface area (Å²) in [6.07, 6.45) is 5.72. The van der Waals surface area contributed by atoms with Crippen LogP contribution in [0.2, 0.25) is 0 Å². The van der Waals surface area contributed by atoms with E-state index in [2.05, 4.69) is 32.4 Å². The molecule has 192 valence electrons. The number of hydrogen-bond acceptors (Lipinski definition) is 5. The van der Waals surface area contributed by atoms with Crippen LogP contribution in [0.5, 0.6) is 0 Å². The number of aryl methyl sites for hydroxylation is 3. The number of hydrogen-bond donors (Lipinski definition) is 3. The van der Waals surface area contributed by atoms with E-state index in [-0.39, 0.29) is 18.0 Å². The predicted octanol–water partition coefficient (Wildman–Crippen LogP) is 4.17. The lowest BCUT2D eigenvalue weighted by atomic mass is 10.1. The fourth-order valence-electron chi connectivity index (χ4n) is 4.67. The number of aromatic amines is 1. The normalized spacial score (nSPS) is 11.1. The number of nitrogens with one attached hydrogen (secondary N) is 2. The molecule has 0 spiro atoms. The highest BCUT2D eigenvalue weighted by Crippen LogP contribution is 2.26. The van der Waals surface area contributed by atoms with Crippen LogP contribution in [0, 0.1) is 6.92 Å². The van der Waals surface area contributed by atoms with Gasteiger partial charge in [0.05, 0.1) is 17.4 Å². The molecule has 0 saturated heterocycles. The monoisotopic (exact) mass is 506 g/mol. The highest BCUT2D eigenvalue weighted by Gasteiger charge is 2.17. The zero-order valence-electron chi connectivity index (χ0n) is 21.3. The third-order valence-electron chi connectivity index (χ3n) is 6.71. The van der Waals surface area contributed by atoms with Gasteiger partial charge in [-0.05, 0) is 49.4 Å². The van der Waals surface area contributed by atoms with Crippen LogP contribution in [-0.4, -0.2) is 25.4 Å². The molecule has 0 unspecified atom stereocenters. The molecule has 0 aliphatic rings. The summed E-state index contributed by atoms with van der Waals surface area (Å²) in [6, 6.07) is 21.6. The number of aromatic nitrogens is 4. The molecule has 3 heterocycles. The Balaban J connectivity index is 1.42. The summed E-state index contributed by atoms with van der Waals surface area (Å²) in [7, 11) is 0. The molecule has 0 aliphatic carbocycles. The summed E-state index contributed by atoms with van der Waals surface area (Å²) in [4.78, 5) is 38.8. The number of carbonyl (C=O) groups excluding carboxylic acids is 1. The van der Waals surface area contributed by atoms with Gasteiger partial charge in [0.2, 0.25) is 5.91 Å². The van der Waals surface area contributed by atoms with Crippen LogP contribution in [-0.2, 0) is 30.7 Å². The molecule has 0 aliphatic heterocycles. The minimum atomic E-state index is -0.273. The van der Waals surface area contributed by atoms with Gasteiger partial charge in [0.25, 0.3) is 5.56 Å². The van der Waals surface area contributed by atoms with Crippen LogP contribution in [0.1, 0.15) is 28.9 Å². The first-order valence-corrected chi connectivity index (χ1v) is 12.7. The van der Waals surface area contributed by atoms with Gasteiger partial charge in [-0.1, -0.05) is 54.6 Å². The maximum absolute atomic E-state index is 13.7. The average Bonchev–Trinajstić information content (AvgIpc) is 3.40. The third-order valence-corrected chi connectivity index (χ3v) is 6.71. The standard InChI is InChI=1S/C30H30N6O2/c1-20-23(13-14-27(31)35-20)17-34-28(37)19-36-26(24-11-6-10-22-15-16-32-29(22)24)18-33-25(30(36)38)12-5-9-21-7-3-2-4-8-21/h2-4,6-8,10-11,13-16,18,32H,5,9,12,17,19H2,1H3,(H2,31,35)(H,34,37). The predicted molar refractivity (Wildman–Crippen MR) is 149 cm³/mol. The van der Waals surface area contributed by atoms with Crippen molar-refractivity contribution in [1.82, 2.24) is 24.8 Å². The number of pyridine rings is 1. The number of benzene rings is 2. The van der Waals surface area contributed by atoms with Crippen LogP contribution >= 0.6 is 0 Å². The van der Waals surface area contributed by atoms with Crippen LogP contribution in [0.3, 0.4) is 0 Å². The molecule has 0 fully saturated rings. The van der Waals surface area contributed by atoms with Crippen molar-refractivity contribution >= 4 is 22.6 Å². The number of H-pyrrole nitrogens is 1. The van der Waals surface area contributed by atoms with E-state index >= 15 is 0 Å². The second-order valence-electron chi connectivity index (χ2n) is 9.33. The molecule has 3 aromatic heterocycles. The number of anilines is 1. The molecule has 2 aromatic carbocycles. The smallest absolute Gasteiger partial charge is 0.273 e. The SMILES string of the molecule is Cc1nc(N)ccc1CNC(=O)Cn1c(-c2cccc3cc[nH]c23)cnc(CCCc2ccccc2)c1=O. The summed E-state index contributed by atoms with van der Waals surface area (Å²) in [6.45, 7) is 2.02. The van der Waals surface area contributed by atoms with Crippen molar-refractivity contribution in [3.63, 3.8) is 0 Å². The summed E-state index contributed by atoms with van der Waals surface area (Å²) in [5.41, 5.74) is 11.1. The Morgan fingerprint density at radius 2 is 1.87 bits per heavy atom. The minimum Gasteiger partial charge on any atom is -0.384 e. The first-order chi connectivity index (χ1) is 18.5. The lowest BCUT2D eigenvalue weighted by molar-refractivity contribution is -0.121. The molecular weight excluding hydrogens is 476 g/mol. The van der Waals surface area contributed by atoms with Gasteiger partial charge in [-0.2, -0.15) is 0 Å². The largest absolute Gasteiger partial charge is 0.384 e. The van der Waals surface area contributed by atoms with Crippen molar-refractivity contribution in [3.8, 4) is 11.3 Å². The lowest BCUT2D eigenvalue weighted by Crippen LogP contribution is -2.35. The van der Waals surface area contributed by atoms with Crippen LogP contribution in [0.4, 0.5) is 5.82 Å². The first-order valence-electron chi connectivity index (χ1n) is 12.7. The van der Waals surface area contributed by atoms with Crippen LogP contribution < -0.4 is 16.6 Å². The summed E-state index contributed by atoms with van der Waals surface area (Å²) < 4.78 is 1.53. The topological polar surface area (TPSA) is 119 Å². The van der Waals surface area contributed by atoms with Gasteiger partial charge in [-0.15, -0.1) is 0 Å². The molecule has 0 atom stereocenters. The van der Waals surface area contributed by atoms with Gasteiger partial charge in [-0.25, -0.2) is 4.98 Å². The third kappa shape index (κ3) is 5.49. The minimum absolute atomic E-state index is 0.124. The number of nitrogens with two attached hydrogens (primary N) is 1. The van der Waals surface area contributed by atoms with Gasteiger partial charge in [0.1, 0.15) is 18.1 Å². The van der Waals surface area contributed by atoms with E-state index in [1.807, 2.05) is 61.7 Å². The molecule has 4 N–H and O–H groups in total. The van der Waals surface area contributed by atoms with Gasteiger partial charge in [0.15, 0.2) is 0 Å². The highest BCUT2D eigenvalue weighted by atomic mass is 16.2. The number of carbonyl (C=O) groups is 1. The van der Waals surface area contributed by atoms with E-state index in [0.29, 0.717) is 30.2 Å². The van der Waals surface area contributed by atoms with Gasteiger partial charge >= 0.3 is 0 Å². The highest BCUT2D eigenvalue weighted by molar-refractivity contribution is 5.93. The van der Waals surface area contributed by atoms with Gasteiger partial charge in [0, 0.05) is 29.4 Å². The molecule has 0 saturated carbocycles. The molecular formula is C30H30N6O2. The van der Waals surface area contributed by atoms with Crippen molar-refractivity contribution in [1.29, 1.82) is 0 Å². The number of para-hydroxylation sites is 1. The Morgan fingerprint density at radius 3 is 2.68 bits per heavy atom. The zero-order chi connectivity index (χ0) is 26.5. The number of amides is 1. The molecule has 5 aromatic rings. The van der Waals surface area contributed by atoms with Gasteiger partial charge in [-0.3, -0.25) is 19.1 Å². The Hall–Kier alpha value is -4.72. The van der Waals surface area contributed by atoms with Gasteiger partial charge < -0.3 is 16.0 Å². The summed E-state index contributed by atoms with van der Waals surface area (Å²) in [5.74, 6) is 0.161. The van der Waals surface area contributed by atoms with Crippen LogP contribution in [0.15, 0.2) is 83.9 Å². The van der Waals surface area contributed by atoms with E-state index in [1.165, 1.54) is 10.1 Å². The zero-order valence-corrected chi connectivity index (χ0v) is 21.3. The first kappa shape index (κ1) is 25.0. The summed E-state index contributed by atoms with van der Waals surface area (Å²) in [5, 5.41) is 3.94. The summed E-state index contributed by atoms with van der Waals surface area (Å²) >= 11 is 0. The van der Waals surface area contributed by atoms with Crippen molar-refractivity contribution < 1.29 is 4.79 Å². The Morgan fingerprint density at radius 1 is 1.03 bits per heavy atom. The Bertz CT molecular complexity index is 1640. The van der Waals surface area contributed by atoms with Crippen molar-refractivity contribution in [2.75, 3.05) is 5.73 Å². The fraction of sp³-hybridized carbons (Fsp3) is 0.200. The van der Waals surface area contributed by atoms with Crippen LogP contribution in [0.25, 0.3) is 22.2 Å². The molecule has 8 nitrogen and oxygen atoms in total. The van der Waals surface area contributed by atoms with Crippen molar-refractivity contribution in [3.05, 3.63) is 112 Å². The number of nitrogen functional groups attached to an aromatic ring is 1. The second-order valence-corrected chi connectivity index (χ2v) is 9.33. The number of nitrogens with zero attached hydrogens (tertiary/aromatic N) is 3. The average molecular weight is 507 g/mol. The van der Waals surface area contributed by atoms with E-state index < -0.39 is 0 Å². The molecule has 5 rings (SSSR count). The van der Waals surface area contributed by atoms with Crippen molar-refractivity contribution in [2.45, 2.75) is 39.3 Å². The second kappa shape index (κ2) is 11.1. The van der Waals surface area contributed by atoms with E-state index in [4.69, 9.17) is 5.73 Å². The lowest BCUT2D eigenvalue weighted by Gasteiger charge is -2.15. The molecule has 1 amide bonds. The molecule has 0 bridgehead atoms. The van der Waals surface area contributed by atoms with E-state index in [9.17, 15) is 9.59 Å². The van der Waals surface area contributed by atoms with E-state index in [1.54, 1.807) is 12.3 Å². The van der Waals surface area contributed by atoms with E-state index in [0.717, 1.165) is 40.6 Å². The Labute approximate surface area is 220 Å². The molecule has 0 radical (unpaired) electrons. The molecule has 38 heavy (non-hydrogen) atoms. The fourth-order valence-corrected chi connectivity index (χ4v) is 4.67. The number of fused-ring (bicyclic) bond motifs is 1. The Kier molecular flexibility index (Phi) is 7.31. The number of rotatable bonds is 9. The maximum atomic E-state index is 13.7. The molecule has 8 heteroatoms. The quantitative estimate of drug-likeness (QED) is 0.277. The maximum Gasteiger partial charge on any atom is 0.273 e. The van der Waals surface area contributed by atoms with Crippen molar-refractivity contribution in [2.24, 2.45) is 0 Å².